The summed E-state index contributed by atoms with van der Waals surface area (Å²) in [4.78, 5) is 0. The van der Waals surface area contributed by atoms with E-state index in [2.05, 4.69) is 35.1 Å². The number of nitrogens with one attached hydrogen (secondary N) is 1. The lowest BCUT2D eigenvalue weighted by atomic mass is 10.1. The van der Waals surface area contributed by atoms with Gasteiger partial charge < -0.3 is 10.1 Å². The van der Waals surface area contributed by atoms with Crippen LogP contribution in [-0.2, 0) is 17.9 Å². The van der Waals surface area contributed by atoms with Crippen molar-refractivity contribution in [2.24, 2.45) is 0 Å². The van der Waals surface area contributed by atoms with Gasteiger partial charge in [-0.05, 0) is 23.6 Å². The predicted molar refractivity (Wildman–Crippen MR) is 81.1 cm³/mol. The Morgan fingerprint density at radius 1 is 1.29 bits per heavy atom. The molecule has 21 heavy (non-hydrogen) atoms. The van der Waals surface area contributed by atoms with Gasteiger partial charge in [0.05, 0.1) is 6.61 Å². The molecule has 0 atom stereocenters. The molecule has 0 heterocycles. The molecule has 0 aliphatic rings. The summed E-state index contributed by atoms with van der Waals surface area (Å²) < 4.78 is 42.1. The van der Waals surface area contributed by atoms with E-state index in [4.69, 9.17) is 4.74 Å². The maximum atomic E-state index is 12.0. The van der Waals surface area contributed by atoms with Crippen molar-refractivity contribution >= 4 is 15.9 Å². The van der Waals surface area contributed by atoms with Crippen LogP contribution in [0.3, 0.4) is 0 Å². The second-order valence-corrected chi connectivity index (χ2v) is 6.09. The summed E-state index contributed by atoms with van der Waals surface area (Å²) in [7, 11) is 0. The van der Waals surface area contributed by atoms with Gasteiger partial charge in [0.2, 0.25) is 0 Å². The van der Waals surface area contributed by atoms with Crippen LogP contribution in [0.4, 0.5) is 13.2 Å². The molecular weight excluding hydrogens is 347 g/mol. The number of halogens is 4. The van der Waals surface area contributed by atoms with Crippen LogP contribution in [0.25, 0.3) is 0 Å². The predicted octanol–water partition coefficient (Wildman–Crippen LogP) is 4.81. The van der Waals surface area contributed by atoms with Crippen molar-refractivity contribution < 1.29 is 17.9 Å². The van der Waals surface area contributed by atoms with Gasteiger partial charge in [-0.15, -0.1) is 0 Å². The molecule has 6 heteroatoms. The largest absolute Gasteiger partial charge is 0.389 e. The molecule has 2 nitrogen and oxygen atoms in total. The minimum Gasteiger partial charge on any atom is -0.377 e. The van der Waals surface area contributed by atoms with Crippen LogP contribution in [0, 0.1) is 0 Å². The molecule has 1 N–H and O–H groups in total. The topological polar surface area (TPSA) is 21.3 Å². The Bertz CT molecular complexity index is 435. The standard InChI is InChI=1S/C15H21BrF3NO/c1-11(2)20-9-12-4-5-13(14(16)8-12)10-21-7-3-6-15(17,18)19/h4-5,8,11,20H,3,6-7,9-10H2,1-2H3. The van der Waals surface area contributed by atoms with Crippen LogP contribution in [0.5, 0.6) is 0 Å². The van der Waals surface area contributed by atoms with Gasteiger partial charge >= 0.3 is 6.18 Å². The van der Waals surface area contributed by atoms with Crippen molar-refractivity contribution in [1.82, 2.24) is 5.32 Å². The van der Waals surface area contributed by atoms with E-state index in [1.54, 1.807) is 0 Å². The van der Waals surface area contributed by atoms with Crippen LogP contribution < -0.4 is 5.32 Å². The van der Waals surface area contributed by atoms with Gasteiger partial charge in [0.25, 0.3) is 0 Å². The van der Waals surface area contributed by atoms with E-state index in [0.29, 0.717) is 12.6 Å². The lowest BCUT2D eigenvalue weighted by Crippen LogP contribution is -2.21. The Hall–Kier alpha value is -0.590. The highest BCUT2D eigenvalue weighted by atomic mass is 79.9. The Balaban J connectivity index is 2.35. The van der Waals surface area contributed by atoms with Gasteiger partial charge in [0, 0.05) is 30.1 Å². The average molecular weight is 368 g/mol. The van der Waals surface area contributed by atoms with Gasteiger partial charge in [-0.3, -0.25) is 0 Å². The minimum absolute atomic E-state index is 0.00247. The first-order valence-electron chi connectivity index (χ1n) is 6.93. The zero-order chi connectivity index (χ0) is 15.9. The summed E-state index contributed by atoms with van der Waals surface area (Å²) in [5.41, 5.74) is 2.09. The smallest absolute Gasteiger partial charge is 0.377 e. The molecule has 120 valence electrons. The number of ether oxygens (including phenoxy) is 1. The third kappa shape index (κ3) is 8.44. The van der Waals surface area contributed by atoms with Crippen molar-refractivity contribution in [2.45, 2.75) is 52.1 Å². The first kappa shape index (κ1) is 18.5. The van der Waals surface area contributed by atoms with E-state index < -0.39 is 12.6 Å². The van der Waals surface area contributed by atoms with E-state index >= 15 is 0 Å². The first-order chi connectivity index (χ1) is 9.78. The maximum absolute atomic E-state index is 12.0. The maximum Gasteiger partial charge on any atom is 0.389 e. The molecule has 0 saturated carbocycles. The third-order valence-electron chi connectivity index (χ3n) is 2.84. The SMILES string of the molecule is CC(C)NCc1ccc(COCCCC(F)(F)F)c(Br)c1. The van der Waals surface area contributed by atoms with Crippen molar-refractivity contribution in [2.75, 3.05) is 6.61 Å². The monoisotopic (exact) mass is 367 g/mol. The normalized spacial score (nSPS) is 12.1. The summed E-state index contributed by atoms with van der Waals surface area (Å²) in [6.45, 7) is 5.37. The molecule has 0 spiro atoms. The Labute approximate surface area is 132 Å². The van der Waals surface area contributed by atoms with E-state index in [-0.39, 0.29) is 13.0 Å². The molecule has 0 aromatic heterocycles. The van der Waals surface area contributed by atoms with E-state index in [1.165, 1.54) is 0 Å². The second kappa shape index (κ2) is 8.76. The highest BCUT2D eigenvalue weighted by molar-refractivity contribution is 9.10. The number of alkyl halides is 3. The second-order valence-electron chi connectivity index (χ2n) is 5.23. The molecule has 1 aromatic rings. The molecule has 0 amide bonds. The quantitative estimate of drug-likeness (QED) is 0.666. The third-order valence-corrected chi connectivity index (χ3v) is 3.58. The zero-order valence-electron chi connectivity index (χ0n) is 12.3. The summed E-state index contributed by atoms with van der Waals surface area (Å²) in [6.07, 6.45) is -4.90. The minimum atomic E-state index is -4.10. The number of hydrogen-bond acceptors (Lipinski definition) is 2. The summed E-state index contributed by atoms with van der Waals surface area (Å²) >= 11 is 3.47. The highest BCUT2D eigenvalue weighted by Gasteiger charge is 2.25. The number of rotatable bonds is 8. The number of hydrogen-bond donors (Lipinski definition) is 1. The molecule has 1 aromatic carbocycles. The van der Waals surface area contributed by atoms with Crippen LogP contribution in [-0.4, -0.2) is 18.8 Å². The molecule has 0 unspecified atom stereocenters. The van der Waals surface area contributed by atoms with Gasteiger partial charge in [-0.25, -0.2) is 0 Å². The summed E-state index contributed by atoms with van der Waals surface area (Å²) in [5, 5.41) is 3.32. The first-order valence-corrected chi connectivity index (χ1v) is 7.72. The summed E-state index contributed by atoms with van der Waals surface area (Å²) in [5.74, 6) is 0. The molecule has 0 fully saturated rings. The van der Waals surface area contributed by atoms with Crippen molar-refractivity contribution in [3.05, 3.63) is 33.8 Å². The van der Waals surface area contributed by atoms with E-state index in [1.807, 2.05) is 18.2 Å². The zero-order valence-corrected chi connectivity index (χ0v) is 13.9. The molecule has 0 bridgehead atoms. The summed E-state index contributed by atoms with van der Waals surface area (Å²) in [6, 6.07) is 6.35. The fraction of sp³-hybridized carbons (Fsp3) is 0.600. The molecule has 0 aliphatic carbocycles. The fourth-order valence-corrected chi connectivity index (χ4v) is 2.24. The van der Waals surface area contributed by atoms with Crippen molar-refractivity contribution in [1.29, 1.82) is 0 Å². The van der Waals surface area contributed by atoms with Crippen molar-refractivity contribution in [3.63, 3.8) is 0 Å². The number of benzene rings is 1. The Morgan fingerprint density at radius 3 is 2.57 bits per heavy atom. The van der Waals surface area contributed by atoms with Gasteiger partial charge in [0.15, 0.2) is 0 Å². The molecule has 0 aliphatic heterocycles. The van der Waals surface area contributed by atoms with Crippen LogP contribution in [0.1, 0.15) is 37.8 Å². The van der Waals surface area contributed by atoms with E-state index in [0.717, 1.165) is 22.1 Å². The molecule has 1 rings (SSSR count). The Morgan fingerprint density at radius 2 is 2.00 bits per heavy atom. The molecular formula is C15H21BrF3NO. The molecule has 0 saturated heterocycles. The highest BCUT2D eigenvalue weighted by Crippen LogP contribution is 2.22. The molecule has 0 radical (unpaired) electrons. The van der Waals surface area contributed by atoms with Crippen LogP contribution >= 0.6 is 15.9 Å². The van der Waals surface area contributed by atoms with Gasteiger partial charge in [0.1, 0.15) is 0 Å². The van der Waals surface area contributed by atoms with Crippen molar-refractivity contribution in [3.8, 4) is 0 Å². The fourth-order valence-electron chi connectivity index (χ4n) is 1.70. The van der Waals surface area contributed by atoms with Gasteiger partial charge in [-0.2, -0.15) is 13.2 Å². The van der Waals surface area contributed by atoms with Gasteiger partial charge in [-0.1, -0.05) is 41.9 Å². The van der Waals surface area contributed by atoms with Crippen LogP contribution in [0.15, 0.2) is 22.7 Å². The Kier molecular flexibility index (Phi) is 7.70. The lowest BCUT2D eigenvalue weighted by Gasteiger charge is -2.11. The average Bonchev–Trinajstić information content (AvgIpc) is 2.36. The van der Waals surface area contributed by atoms with E-state index in [9.17, 15) is 13.2 Å². The lowest BCUT2D eigenvalue weighted by molar-refractivity contribution is -0.138. The van der Waals surface area contributed by atoms with Crippen LogP contribution in [0.2, 0.25) is 0 Å².